The van der Waals surface area contributed by atoms with E-state index in [9.17, 15) is 4.79 Å². The van der Waals surface area contributed by atoms with Crippen LogP contribution in [0.1, 0.15) is 6.92 Å². The van der Waals surface area contributed by atoms with E-state index in [0.29, 0.717) is 13.2 Å². The van der Waals surface area contributed by atoms with Gasteiger partial charge in [-0.15, -0.1) is 0 Å². The smallest absolute Gasteiger partial charge is 0.238 e. The number of para-hydroxylation sites is 1. The molecule has 0 aliphatic carbocycles. The normalized spacial score (nSPS) is 11.2. The monoisotopic (exact) mass is 325 g/mol. The van der Waals surface area contributed by atoms with Gasteiger partial charge in [-0.3, -0.25) is 4.79 Å². The Morgan fingerprint density at radius 2 is 1.92 bits per heavy atom. The molecule has 0 unspecified atom stereocenters. The van der Waals surface area contributed by atoms with Gasteiger partial charge in [0.1, 0.15) is 0 Å². The molecule has 24 heavy (non-hydrogen) atoms. The van der Waals surface area contributed by atoms with Gasteiger partial charge in [-0.05, 0) is 31.2 Å². The van der Waals surface area contributed by atoms with Crippen LogP contribution in [0.5, 0.6) is 0 Å². The van der Waals surface area contributed by atoms with E-state index in [2.05, 4.69) is 52.5 Å². The zero-order valence-corrected chi connectivity index (χ0v) is 14.1. The Kier molecular flexibility index (Phi) is 5.13. The molecule has 0 fully saturated rings. The van der Waals surface area contributed by atoms with E-state index in [-0.39, 0.29) is 12.5 Å². The van der Waals surface area contributed by atoms with Gasteiger partial charge in [0, 0.05) is 47.7 Å². The second-order valence-electron chi connectivity index (χ2n) is 5.71. The number of aryl methyl sites for hydroxylation is 1. The van der Waals surface area contributed by atoms with Gasteiger partial charge in [0.2, 0.25) is 5.91 Å². The zero-order chi connectivity index (χ0) is 16.9. The predicted molar refractivity (Wildman–Crippen MR) is 98.5 cm³/mol. The minimum atomic E-state index is -0.0512. The molecule has 0 saturated carbocycles. The molecule has 0 bridgehead atoms. The average molecular weight is 325 g/mol. The number of nitrogens with one attached hydrogen (secondary N) is 2. The molecular weight excluding hydrogens is 302 g/mol. The van der Waals surface area contributed by atoms with Gasteiger partial charge in [0.05, 0.1) is 13.2 Å². The van der Waals surface area contributed by atoms with Crippen LogP contribution in [0.15, 0.2) is 42.5 Å². The Morgan fingerprint density at radius 1 is 1.12 bits per heavy atom. The summed E-state index contributed by atoms with van der Waals surface area (Å²) in [6, 6.07) is 14.5. The number of methoxy groups -OCH3 is 1. The summed E-state index contributed by atoms with van der Waals surface area (Å²) < 4.78 is 7.24. The summed E-state index contributed by atoms with van der Waals surface area (Å²) in [5, 5.41) is 8.37. The highest BCUT2D eigenvalue weighted by molar-refractivity contribution is 6.09. The van der Waals surface area contributed by atoms with Crippen LogP contribution in [0.4, 0.5) is 5.69 Å². The summed E-state index contributed by atoms with van der Waals surface area (Å²) in [7, 11) is 1.64. The van der Waals surface area contributed by atoms with Crippen LogP contribution in [0, 0.1) is 0 Å². The molecule has 1 amide bonds. The van der Waals surface area contributed by atoms with Gasteiger partial charge in [0.15, 0.2) is 0 Å². The molecule has 1 aromatic heterocycles. The van der Waals surface area contributed by atoms with Crippen LogP contribution in [-0.2, 0) is 16.1 Å². The van der Waals surface area contributed by atoms with E-state index < -0.39 is 0 Å². The highest BCUT2D eigenvalue weighted by Crippen LogP contribution is 2.30. The Hall–Kier alpha value is -2.37. The van der Waals surface area contributed by atoms with E-state index in [0.717, 1.165) is 17.6 Å². The lowest BCUT2D eigenvalue weighted by molar-refractivity contribution is -0.115. The van der Waals surface area contributed by atoms with Crippen molar-refractivity contribution in [2.24, 2.45) is 0 Å². The molecule has 0 atom stereocenters. The van der Waals surface area contributed by atoms with Gasteiger partial charge in [-0.2, -0.15) is 0 Å². The topological polar surface area (TPSA) is 55.3 Å². The van der Waals surface area contributed by atoms with Gasteiger partial charge >= 0.3 is 0 Å². The molecule has 126 valence electrons. The number of amides is 1. The van der Waals surface area contributed by atoms with E-state index in [4.69, 9.17) is 4.74 Å². The molecule has 2 N–H and O–H groups in total. The molecule has 3 aromatic rings. The number of fused-ring (bicyclic) bond motifs is 3. The van der Waals surface area contributed by atoms with Crippen LogP contribution in [-0.4, -0.2) is 37.3 Å². The van der Waals surface area contributed by atoms with Crippen molar-refractivity contribution in [3.8, 4) is 0 Å². The minimum absolute atomic E-state index is 0.0512. The molecule has 0 radical (unpaired) electrons. The summed E-state index contributed by atoms with van der Waals surface area (Å²) in [5.74, 6) is -0.0512. The van der Waals surface area contributed by atoms with Crippen molar-refractivity contribution in [3.63, 3.8) is 0 Å². The van der Waals surface area contributed by atoms with Crippen molar-refractivity contribution in [2.75, 3.05) is 32.1 Å². The number of rotatable bonds is 7. The number of ether oxygens (including phenoxy) is 1. The fraction of sp³-hybridized carbons (Fsp3) is 0.316. The Morgan fingerprint density at radius 3 is 2.71 bits per heavy atom. The number of aromatic nitrogens is 1. The largest absolute Gasteiger partial charge is 0.383 e. The van der Waals surface area contributed by atoms with E-state index >= 15 is 0 Å². The third-order valence-electron chi connectivity index (χ3n) is 4.14. The minimum Gasteiger partial charge on any atom is -0.383 e. The van der Waals surface area contributed by atoms with Crippen LogP contribution in [0.25, 0.3) is 21.8 Å². The molecule has 0 aliphatic heterocycles. The fourth-order valence-corrected chi connectivity index (χ4v) is 3.05. The molecule has 3 rings (SSSR count). The Bertz CT molecular complexity index is 854. The first-order chi connectivity index (χ1) is 11.7. The number of nitrogens with zero attached hydrogens (tertiary/aromatic N) is 1. The van der Waals surface area contributed by atoms with Gasteiger partial charge < -0.3 is 19.9 Å². The number of carbonyl (C=O) groups is 1. The number of hydrogen-bond acceptors (Lipinski definition) is 3. The first-order valence-electron chi connectivity index (χ1n) is 8.25. The van der Waals surface area contributed by atoms with Crippen LogP contribution >= 0.6 is 0 Å². The molecule has 5 heteroatoms. The van der Waals surface area contributed by atoms with Crippen molar-refractivity contribution in [3.05, 3.63) is 42.5 Å². The number of carbonyl (C=O) groups excluding carboxylic acids is 1. The van der Waals surface area contributed by atoms with E-state index in [1.165, 1.54) is 16.4 Å². The average Bonchev–Trinajstić information content (AvgIpc) is 2.92. The summed E-state index contributed by atoms with van der Waals surface area (Å²) in [4.78, 5) is 12.0. The second-order valence-corrected chi connectivity index (χ2v) is 5.71. The molecule has 0 saturated heterocycles. The summed E-state index contributed by atoms with van der Waals surface area (Å²) in [6.45, 7) is 4.59. The predicted octanol–water partition coefficient (Wildman–Crippen LogP) is 2.99. The van der Waals surface area contributed by atoms with Gasteiger partial charge in [-0.25, -0.2) is 0 Å². The summed E-state index contributed by atoms with van der Waals surface area (Å²) in [5.41, 5.74) is 3.23. The summed E-state index contributed by atoms with van der Waals surface area (Å²) in [6.07, 6.45) is 0. The lowest BCUT2D eigenvalue weighted by atomic mass is 10.1. The maximum atomic E-state index is 12.0. The molecule has 0 spiro atoms. The van der Waals surface area contributed by atoms with Crippen LogP contribution < -0.4 is 10.6 Å². The number of anilines is 1. The van der Waals surface area contributed by atoms with Crippen LogP contribution in [0.2, 0.25) is 0 Å². The van der Waals surface area contributed by atoms with E-state index in [1.54, 1.807) is 7.11 Å². The van der Waals surface area contributed by atoms with Gasteiger partial charge in [-0.1, -0.05) is 18.2 Å². The third kappa shape index (κ3) is 3.27. The maximum absolute atomic E-state index is 12.0. The van der Waals surface area contributed by atoms with Crippen molar-refractivity contribution >= 4 is 33.4 Å². The van der Waals surface area contributed by atoms with Gasteiger partial charge in [0.25, 0.3) is 0 Å². The van der Waals surface area contributed by atoms with E-state index in [1.807, 2.05) is 12.1 Å². The molecule has 0 aliphatic rings. The summed E-state index contributed by atoms with van der Waals surface area (Å²) >= 11 is 0. The standard InChI is InChI=1S/C19H23N3O2/c1-3-22-17-7-5-4-6-15(17)16-12-14(8-9-18(16)22)21-19(23)13-20-10-11-24-2/h4-9,12,20H,3,10-11,13H2,1-2H3,(H,21,23). The first kappa shape index (κ1) is 16.5. The molecule has 5 nitrogen and oxygen atoms in total. The highest BCUT2D eigenvalue weighted by atomic mass is 16.5. The number of hydrogen-bond donors (Lipinski definition) is 2. The lowest BCUT2D eigenvalue weighted by Gasteiger charge is -2.07. The molecule has 1 heterocycles. The SMILES string of the molecule is CCn1c2ccccc2c2cc(NC(=O)CNCCOC)ccc21. The fourth-order valence-electron chi connectivity index (χ4n) is 3.05. The van der Waals surface area contributed by atoms with Crippen LogP contribution in [0.3, 0.4) is 0 Å². The van der Waals surface area contributed by atoms with Crippen molar-refractivity contribution in [1.29, 1.82) is 0 Å². The third-order valence-corrected chi connectivity index (χ3v) is 4.14. The van der Waals surface area contributed by atoms with Crippen molar-refractivity contribution in [2.45, 2.75) is 13.5 Å². The molecule has 2 aromatic carbocycles. The molecular formula is C19H23N3O2. The van der Waals surface area contributed by atoms with Crippen molar-refractivity contribution < 1.29 is 9.53 Å². The highest BCUT2D eigenvalue weighted by Gasteiger charge is 2.10. The quantitative estimate of drug-likeness (QED) is 0.657. The van der Waals surface area contributed by atoms with Crippen molar-refractivity contribution in [1.82, 2.24) is 9.88 Å². The second kappa shape index (κ2) is 7.47. The Balaban J connectivity index is 1.83. The number of benzene rings is 2. The zero-order valence-electron chi connectivity index (χ0n) is 14.1. The lowest BCUT2D eigenvalue weighted by Crippen LogP contribution is -2.30. The first-order valence-corrected chi connectivity index (χ1v) is 8.25. The Labute approximate surface area is 141 Å². The maximum Gasteiger partial charge on any atom is 0.238 e.